The van der Waals surface area contributed by atoms with E-state index in [4.69, 9.17) is 0 Å². The van der Waals surface area contributed by atoms with Gasteiger partial charge in [-0.05, 0) is 38.2 Å². The van der Waals surface area contributed by atoms with E-state index in [0.29, 0.717) is 6.42 Å². The van der Waals surface area contributed by atoms with E-state index in [1.165, 1.54) is 12.7 Å². The summed E-state index contributed by atoms with van der Waals surface area (Å²) in [5.74, 6) is -0.166. The Morgan fingerprint density at radius 2 is 2.06 bits per heavy atom. The lowest BCUT2D eigenvalue weighted by Crippen LogP contribution is -2.21. The summed E-state index contributed by atoms with van der Waals surface area (Å²) in [7, 11) is 5.42. The third-order valence-electron chi connectivity index (χ3n) is 2.56. The minimum Gasteiger partial charge on any atom is -0.469 e. The molecule has 1 unspecified atom stereocenters. The van der Waals surface area contributed by atoms with Gasteiger partial charge in [0.2, 0.25) is 0 Å². The molecule has 0 spiro atoms. The maximum absolute atomic E-state index is 11.1. The number of carbonyl (C=O) groups is 1. The second-order valence-corrected chi connectivity index (χ2v) is 3.87. The van der Waals surface area contributed by atoms with Crippen molar-refractivity contribution in [3.05, 3.63) is 30.1 Å². The van der Waals surface area contributed by atoms with Gasteiger partial charge < -0.3 is 9.64 Å². The topological polar surface area (TPSA) is 42.4 Å². The second-order valence-electron chi connectivity index (χ2n) is 3.87. The molecular weight excluding hydrogens is 204 g/mol. The summed E-state index contributed by atoms with van der Waals surface area (Å²) >= 11 is 0. The number of esters is 1. The van der Waals surface area contributed by atoms with Crippen LogP contribution in [0.2, 0.25) is 0 Å². The Morgan fingerprint density at radius 3 is 2.56 bits per heavy atom. The molecule has 4 heteroatoms. The van der Waals surface area contributed by atoms with Gasteiger partial charge in [-0.15, -0.1) is 0 Å². The summed E-state index contributed by atoms with van der Waals surface area (Å²) in [6.07, 6.45) is 4.72. The van der Waals surface area contributed by atoms with Gasteiger partial charge in [0.15, 0.2) is 0 Å². The third kappa shape index (κ3) is 3.62. The van der Waals surface area contributed by atoms with E-state index in [1.54, 1.807) is 12.4 Å². The van der Waals surface area contributed by atoms with Crippen LogP contribution in [0.25, 0.3) is 0 Å². The van der Waals surface area contributed by atoms with Crippen LogP contribution in [0, 0.1) is 0 Å². The van der Waals surface area contributed by atoms with Crippen LogP contribution in [-0.2, 0) is 9.53 Å². The van der Waals surface area contributed by atoms with Gasteiger partial charge in [-0.25, -0.2) is 0 Å². The summed E-state index contributed by atoms with van der Waals surface area (Å²) < 4.78 is 4.65. The average molecular weight is 222 g/mol. The predicted molar refractivity (Wildman–Crippen MR) is 61.9 cm³/mol. The lowest BCUT2D eigenvalue weighted by Gasteiger charge is -2.24. The number of hydrogen-bond donors (Lipinski definition) is 0. The molecule has 1 aromatic heterocycles. The van der Waals surface area contributed by atoms with Crippen LogP contribution < -0.4 is 0 Å². The minimum atomic E-state index is -0.166. The van der Waals surface area contributed by atoms with Crippen molar-refractivity contribution in [1.29, 1.82) is 0 Å². The van der Waals surface area contributed by atoms with Crippen LogP contribution in [0.3, 0.4) is 0 Å². The van der Waals surface area contributed by atoms with E-state index in [9.17, 15) is 4.79 Å². The van der Waals surface area contributed by atoms with Gasteiger partial charge in [0, 0.05) is 24.9 Å². The fourth-order valence-corrected chi connectivity index (χ4v) is 1.67. The van der Waals surface area contributed by atoms with Gasteiger partial charge >= 0.3 is 5.97 Å². The van der Waals surface area contributed by atoms with Gasteiger partial charge in [0.1, 0.15) is 0 Å². The van der Waals surface area contributed by atoms with Crippen LogP contribution in [0.4, 0.5) is 0 Å². The smallest absolute Gasteiger partial charge is 0.305 e. The lowest BCUT2D eigenvalue weighted by atomic mass is 10.0. The average Bonchev–Trinajstić information content (AvgIpc) is 2.30. The molecular formula is C12H18N2O2. The highest BCUT2D eigenvalue weighted by Gasteiger charge is 2.15. The summed E-state index contributed by atoms with van der Waals surface area (Å²) in [6, 6.07) is 4.17. The minimum absolute atomic E-state index is 0.166. The van der Waals surface area contributed by atoms with E-state index in [0.717, 1.165) is 6.42 Å². The largest absolute Gasteiger partial charge is 0.469 e. The molecule has 4 nitrogen and oxygen atoms in total. The first-order chi connectivity index (χ1) is 7.65. The first-order valence-corrected chi connectivity index (χ1v) is 5.28. The van der Waals surface area contributed by atoms with Crippen molar-refractivity contribution in [1.82, 2.24) is 9.88 Å². The quantitative estimate of drug-likeness (QED) is 0.710. The van der Waals surface area contributed by atoms with E-state index in [2.05, 4.69) is 14.6 Å². The molecule has 0 N–H and O–H groups in total. The molecule has 88 valence electrons. The Morgan fingerprint density at radius 1 is 1.44 bits per heavy atom. The number of methoxy groups -OCH3 is 1. The van der Waals surface area contributed by atoms with Crippen molar-refractivity contribution >= 4 is 5.97 Å². The number of carbonyl (C=O) groups excluding carboxylic acids is 1. The van der Waals surface area contributed by atoms with Crippen LogP contribution >= 0.6 is 0 Å². The highest BCUT2D eigenvalue weighted by Crippen LogP contribution is 2.22. The molecule has 0 aliphatic rings. The summed E-state index contributed by atoms with van der Waals surface area (Å²) in [5, 5.41) is 0. The number of rotatable bonds is 5. The molecule has 16 heavy (non-hydrogen) atoms. The van der Waals surface area contributed by atoms with E-state index in [-0.39, 0.29) is 12.0 Å². The van der Waals surface area contributed by atoms with Crippen molar-refractivity contribution in [3.8, 4) is 0 Å². The Labute approximate surface area is 96.2 Å². The molecule has 0 bridgehead atoms. The monoisotopic (exact) mass is 222 g/mol. The zero-order chi connectivity index (χ0) is 12.0. The zero-order valence-corrected chi connectivity index (χ0v) is 10.0. The predicted octanol–water partition coefficient (Wildman–Crippen LogP) is 1.64. The maximum Gasteiger partial charge on any atom is 0.305 e. The first kappa shape index (κ1) is 12.6. The van der Waals surface area contributed by atoms with Crippen molar-refractivity contribution in [2.75, 3.05) is 21.2 Å². The van der Waals surface area contributed by atoms with Crippen molar-refractivity contribution in [2.45, 2.75) is 18.9 Å². The molecule has 0 saturated heterocycles. The maximum atomic E-state index is 11.1. The highest BCUT2D eigenvalue weighted by atomic mass is 16.5. The van der Waals surface area contributed by atoms with Crippen molar-refractivity contribution < 1.29 is 9.53 Å². The molecule has 1 atom stereocenters. The highest BCUT2D eigenvalue weighted by molar-refractivity contribution is 5.69. The van der Waals surface area contributed by atoms with Crippen LogP contribution in [0.1, 0.15) is 24.4 Å². The molecule has 0 amide bonds. The molecule has 1 rings (SSSR count). The lowest BCUT2D eigenvalue weighted by molar-refractivity contribution is -0.141. The zero-order valence-electron chi connectivity index (χ0n) is 10.0. The Hall–Kier alpha value is -1.42. The summed E-state index contributed by atoms with van der Waals surface area (Å²) in [5.41, 5.74) is 1.17. The molecule has 0 aromatic carbocycles. The van der Waals surface area contributed by atoms with E-state index < -0.39 is 0 Å². The first-order valence-electron chi connectivity index (χ1n) is 5.28. The van der Waals surface area contributed by atoms with Gasteiger partial charge in [0.05, 0.1) is 7.11 Å². The second kappa shape index (κ2) is 6.23. The van der Waals surface area contributed by atoms with Crippen molar-refractivity contribution in [3.63, 3.8) is 0 Å². The van der Waals surface area contributed by atoms with Gasteiger partial charge in [-0.2, -0.15) is 0 Å². The third-order valence-corrected chi connectivity index (χ3v) is 2.56. The number of hydrogen-bond acceptors (Lipinski definition) is 4. The number of pyridine rings is 1. The van der Waals surface area contributed by atoms with Gasteiger partial charge in [-0.1, -0.05) is 0 Å². The van der Waals surface area contributed by atoms with Gasteiger partial charge in [0.25, 0.3) is 0 Å². The fourth-order valence-electron chi connectivity index (χ4n) is 1.67. The summed E-state index contributed by atoms with van der Waals surface area (Å²) in [4.78, 5) is 17.2. The molecule has 1 aromatic rings. The normalized spacial score (nSPS) is 12.5. The molecule has 1 heterocycles. The van der Waals surface area contributed by atoms with E-state index in [1.807, 2.05) is 26.2 Å². The Bertz CT molecular complexity index is 325. The van der Waals surface area contributed by atoms with E-state index >= 15 is 0 Å². The fraction of sp³-hybridized carbons (Fsp3) is 0.500. The molecule has 0 fully saturated rings. The molecule has 0 saturated carbocycles. The molecule has 0 aliphatic heterocycles. The Kier molecular flexibility index (Phi) is 4.92. The van der Waals surface area contributed by atoms with Crippen LogP contribution in [0.5, 0.6) is 0 Å². The Balaban J connectivity index is 2.66. The molecule has 0 radical (unpaired) electrons. The number of ether oxygens (including phenoxy) is 1. The SMILES string of the molecule is COC(=O)CCC(c1ccncc1)N(C)C. The number of aromatic nitrogens is 1. The van der Waals surface area contributed by atoms with Crippen molar-refractivity contribution in [2.24, 2.45) is 0 Å². The van der Waals surface area contributed by atoms with Crippen LogP contribution in [0.15, 0.2) is 24.5 Å². The van der Waals surface area contributed by atoms with Crippen LogP contribution in [-0.4, -0.2) is 37.1 Å². The summed E-state index contributed by atoms with van der Waals surface area (Å²) in [6.45, 7) is 0. The standard InChI is InChI=1S/C12H18N2O2/c1-14(2)11(4-5-12(15)16-3)10-6-8-13-9-7-10/h6-9,11H,4-5H2,1-3H3. The van der Waals surface area contributed by atoms with Gasteiger partial charge in [-0.3, -0.25) is 9.78 Å². The molecule has 0 aliphatic carbocycles. The number of nitrogens with zero attached hydrogens (tertiary/aromatic N) is 2.